The summed E-state index contributed by atoms with van der Waals surface area (Å²) in [5.41, 5.74) is 2.46. The summed E-state index contributed by atoms with van der Waals surface area (Å²) in [6, 6.07) is 6.31. The number of hydrogen-bond acceptors (Lipinski definition) is 3. The van der Waals surface area contributed by atoms with Crippen molar-refractivity contribution in [3.8, 4) is 0 Å². The lowest BCUT2D eigenvalue weighted by molar-refractivity contribution is 0.260. The average molecular weight is 268 g/mol. The summed E-state index contributed by atoms with van der Waals surface area (Å²) in [6.45, 7) is 8.77. The summed E-state index contributed by atoms with van der Waals surface area (Å²) in [5, 5.41) is 4.05. The predicted octanol–water partition coefficient (Wildman–Crippen LogP) is 1.99. The average Bonchev–Trinajstić information content (AvgIpc) is 2.40. The first-order chi connectivity index (χ1) is 8.70. The maximum Gasteiger partial charge on any atom is 0.0436 e. The van der Waals surface area contributed by atoms with Crippen LogP contribution in [-0.2, 0) is 0 Å². The van der Waals surface area contributed by atoms with E-state index in [1.165, 1.54) is 5.69 Å². The van der Waals surface area contributed by atoms with Crippen LogP contribution < -0.4 is 10.2 Å². The molecule has 1 aliphatic heterocycles. The summed E-state index contributed by atoms with van der Waals surface area (Å²) in [4.78, 5) is 4.95. The van der Waals surface area contributed by atoms with Crippen molar-refractivity contribution in [2.75, 3.05) is 51.2 Å². The van der Waals surface area contributed by atoms with Gasteiger partial charge >= 0.3 is 0 Å². The second-order valence-electron chi connectivity index (χ2n) is 4.87. The molecule has 1 fully saturated rings. The molecule has 0 atom stereocenters. The molecule has 1 aromatic rings. The first-order valence-electron chi connectivity index (χ1n) is 6.59. The molecule has 0 radical (unpaired) electrons. The molecule has 2 rings (SSSR count). The van der Waals surface area contributed by atoms with Crippen LogP contribution in [0.4, 0.5) is 5.69 Å². The zero-order chi connectivity index (χ0) is 13.0. The van der Waals surface area contributed by atoms with Gasteiger partial charge in [0.15, 0.2) is 0 Å². The molecule has 1 aliphatic rings. The van der Waals surface area contributed by atoms with Gasteiger partial charge in [-0.15, -0.1) is 0 Å². The Morgan fingerprint density at radius 3 is 2.56 bits per heavy atom. The van der Waals surface area contributed by atoms with Gasteiger partial charge < -0.3 is 10.2 Å². The third kappa shape index (κ3) is 3.37. The summed E-state index contributed by atoms with van der Waals surface area (Å²) < 4.78 is 0. The molecule has 1 aromatic carbocycles. The number of aryl methyl sites for hydroxylation is 1. The molecule has 0 bridgehead atoms. The normalized spacial score (nSPS) is 17.2. The number of hydrogen-bond donors (Lipinski definition) is 1. The van der Waals surface area contributed by atoms with Gasteiger partial charge in [-0.1, -0.05) is 11.6 Å². The fourth-order valence-corrected chi connectivity index (χ4v) is 2.44. The van der Waals surface area contributed by atoms with Crippen LogP contribution in [0.5, 0.6) is 0 Å². The van der Waals surface area contributed by atoms with E-state index in [2.05, 4.69) is 34.2 Å². The summed E-state index contributed by atoms with van der Waals surface area (Å²) in [5.74, 6) is 0. The maximum atomic E-state index is 6.07. The highest BCUT2D eigenvalue weighted by Crippen LogP contribution is 2.23. The van der Waals surface area contributed by atoms with Gasteiger partial charge in [0, 0.05) is 50.0 Å². The molecule has 1 N–H and O–H groups in total. The van der Waals surface area contributed by atoms with E-state index in [1.54, 1.807) is 0 Å². The molecule has 0 spiro atoms. The molecule has 18 heavy (non-hydrogen) atoms. The highest BCUT2D eigenvalue weighted by molar-refractivity contribution is 6.31. The molecule has 1 saturated heterocycles. The van der Waals surface area contributed by atoms with Crippen molar-refractivity contribution in [1.29, 1.82) is 0 Å². The number of benzene rings is 1. The Kier molecular flexibility index (Phi) is 4.87. The van der Waals surface area contributed by atoms with E-state index in [1.807, 2.05) is 13.1 Å². The number of likely N-dealkylation sites (N-methyl/N-ethyl adjacent to an activating group) is 1. The number of piperazine rings is 1. The van der Waals surface area contributed by atoms with E-state index in [0.29, 0.717) is 0 Å². The lowest BCUT2D eigenvalue weighted by Crippen LogP contribution is -2.48. The minimum atomic E-state index is 0.853. The van der Waals surface area contributed by atoms with E-state index in [-0.39, 0.29) is 0 Å². The van der Waals surface area contributed by atoms with Gasteiger partial charge in [0.1, 0.15) is 0 Å². The number of nitrogens with one attached hydrogen (secondary N) is 1. The van der Waals surface area contributed by atoms with E-state index >= 15 is 0 Å². The molecule has 1 heterocycles. The fraction of sp³-hybridized carbons (Fsp3) is 0.571. The Morgan fingerprint density at radius 1 is 1.22 bits per heavy atom. The minimum absolute atomic E-state index is 0.853. The Labute approximate surface area is 115 Å². The smallest absolute Gasteiger partial charge is 0.0436 e. The summed E-state index contributed by atoms with van der Waals surface area (Å²) in [7, 11) is 2.01. The Balaban J connectivity index is 1.90. The van der Waals surface area contributed by atoms with Gasteiger partial charge in [-0.2, -0.15) is 0 Å². The first kappa shape index (κ1) is 13.7. The van der Waals surface area contributed by atoms with Crippen LogP contribution in [0, 0.1) is 6.92 Å². The largest absolute Gasteiger partial charge is 0.369 e. The van der Waals surface area contributed by atoms with Crippen LogP contribution in [0.15, 0.2) is 18.2 Å². The van der Waals surface area contributed by atoms with Crippen molar-refractivity contribution in [2.45, 2.75) is 6.92 Å². The van der Waals surface area contributed by atoms with Crippen LogP contribution in [0.3, 0.4) is 0 Å². The maximum absolute atomic E-state index is 6.07. The lowest BCUT2D eigenvalue weighted by atomic mass is 10.2. The molecular formula is C14H22ClN3. The van der Waals surface area contributed by atoms with Crippen molar-refractivity contribution in [3.63, 3.8) is 0 Å². The summed E-state index contributed by atoms with van der Waals surface area (Å²) in [6.07, 6.45) is 0. The van der Waals surface area contributed by atoms with Gasteiger partial charge in [-0.05, 0) is 37.7 Å². The topological polar surface area (TPSA) is 18.5 Å². The molecule has 0 saturated carbocycles. The monoisotopic (exact) mass is 267 g/mol. The zero-order valence-electron chi connectivity index (χ0n) is 11.2. The van der Waals surface area contributed by atoms with Crippen LogP contribution in [0.1, 0.15) is 5.56 Å². The van der Waals surface area contributed by atoms with Crippen molar-refractivity contribution in [1.82, 2.24) is 10.2 Å². The molecule has 3 nitrogen and oxygen atoms in total. The first-order valence-corrected chi connectivity index (χ1v) is 6.96. The van der Waals surface area contributed by atoms with Crippen LogP contribution in [0.25, 0.3) is 0 Å². The Hall–Kier alpha value is -0.770. The third-order valence-electron chi connectivity index (χ3n) is 3.56. The summed E-state index contributed by atoms with van der Waals surface area (Å²) >= 11 is 6.07. The number of nitrogens with zero attached hydrogens (tertiary/aromatic N) is 2. The zero-order valence-corrected chi connectivity index (χ0v) is 12.0. The van der Waals surface area contributed by atoms with Gasteiger partial charge in [0.25, 0.3) is 0 Å². The molecular weight excluding hydrogens is 246 g/mol. The van der Waals surface area contributed by atoms with Crippen molar-refractivity contribution in [2.24, 2.45) is 0 Å². The molecule has 4 heteroatoms. The van der Waals surface area contributed by atoms with Gasteiger partial charge in [-0.3, -0.25) is 4.90 Å². The van der Waals surface area contributed by atoms with Gasteiger partial charge in [0.05, 0.1) is 0 Å². The van der Waals surface area contributed by atoms with Crippen molar-refractivity contribution in [3.05, 3.63) is 28.8 Å². The van der Waals surface area contributed by atoms with Crippen LogP contribution in [0.2, 0.25) is 5.02 Å². The molecule has 100 valence electrons. The Morgan fingerprint density at radius 2 is 1.94 bits per heavy atom. The number of anilines is 1. The SMILES string of the molecule is CNCCN1CCN(c2ccc(Cl)c(C)c2)CC1. The van der Waals surface area contributed by atoms with E-state index in [9.17, 15) is 0 Å². The third-order valence-corrected chi connectivity index (χ3v) is 3.98. The van der Waals surface area contributed by atoms with Crippen LogP contribution >= 0.6 is 11.6 Å². The van der Waals surface area contributed by atoms with E-state index in [0.717, 1.165) is 49.9 Å². The van der Waals surface area contributed by atoms with Crippen LogP contribution in [-0.4, -0.2) is 51.2 Å². The minimum Gasteiger partial charge on any atom is -0.369 e. The number of rotatable bonds is 4. The van der Waals surface area contributed by atoms with Crippen molar-refractivity contribution < 1.29 is 0 Å². The quantitative estimate of drug-likeness (QED) is 0.900. The molecule has 0 aliphatic carbocycles. The number of halogens is 1. The highest BCUT2D eigenvalue weighted by Gasteiger charge is 2.16. The highest BCUT2D eigenvalue weighted by atomic mass is 35.5. The molecule has 0 unspecified atom stereocenters. The van der Waals surface area contributed by atoms with Crippen molar-refractivity contribution >= 4 is 17.3 Å². The van der Waals surface area contributed by atoms with Gasteiger partial charge in [-0.25, -0.2) is 0 Å². The fourth-order valence-electron chi connectivity index (χ4n) is 2.33. The standard InChI is InChI=1S/C14H22ClN3/c1-12-11-13(3-4-14(12)15)18-9-7-17(8-10-18)6-5-16-2/h3-4,11,16H,5-10H2,1-2H3. The molecule has 0 amide bonds. The van der Waals surface area contributed by atoms with Gasteiger partial charge in [0.2, 0.25) is 0 Å². The predicted molar refractivity (Wildman–Crippen MR) is 78.8 cm³/mol. The second-order valence-corrected chi connectivity index (χ2v) is 5.27. The van der Waals surface area contributed by atoms with E-state index in [4.69, 9.17) is 11.6 Å². The molecule has 0 aromatic heterocycles. The Bertz CT molecular complexity index is 387. The lowest BCUT2D eigenvalue weighted by Gasteiger charge is -2.36. The van der Waals surface area contributed by atoms with E-state index < -0.39 is 0 Å². The second kappa shape index (κ2) is 6.41.